The van der Waals surface area contributed by atoms with Gasteiger partial charge in [-0.3, -0.25) is 4.99 Å². The van der Waals surface area contributed by atoms with Crippen molar-refractivity contribution in [3.63, 3.8) is 0 Å². The van der Waals surface area contributed by atoms with Crippen LogP contribution in [-0.4, -0.2) is 48.8 Å². The Morgan fingerprint density at radius 1 is 1.40 bits per heavy atom. The predicted molar refractivity (Wildman–Crippen MR) is 101 cm³/mol. The highest BCUT2D eigenvalue weighted by molar-refractivity contribution is 14.0. The van der Waals surface area contributed by atoms with E-state index in [2.05, 4.69) is 38.8 Å². The highest BCUT2D eigenvalue weighted by atomic mass is 127. The van der Waals surface area contributed by atoms with Crippen molar-refractivity contribution in [1.82, 2.24) is 15.2 Å². The number of nitrogens with one attached hydrogen (secondary N) is 1. The van der Waals surface area contributed by atoms with Crippen LogP contribution in [0.5, 0.6) is 5.88 Å². The van der Waals surface area contributed by atoms with E-state index < -0.39 is 12.8 Å². The first-order valence-electron chi connectivity index (χ1n) is 7.79. The number of pyridine rings is 1. The molecule has 142 valence electrons. The molecule has 2 heterocycles. The Kier molecular flexibility index (Phi) is 7.76. The van der Waals surface area contributed by atoms with E-state index in [-0.39, 0.29) is 35.3 Å². The fourth-order valence-corrected chi connectivity index (χ4v) is 2.56. The molecule has 2 rings (SSSR count). The molecule has 1 aliphatic rings. The van der Waals surface area contributed by atoms with Crippen LogP contribution in [0.1, 0.15) is 25.8 Å². The summed E-state index contributed by atoms with van der Waals surface area (Å²) < 4.78 is 40.9. The van der Waals surface area contributed by atoms with Crippen LogP contribution >= 0.6 is 24.0 Å². The quantitative estimate of drug-likeness (QED) is 0.415. The zero-order valence-electron chi connectivity index (χ0n) is 14.6. The Hall–Kier alpha value is -1.26. The third-order valence-corrected chi connectivity index (χ3v) is 3.82. The van der Waals surface area contributed by atoms with Crippen LogP contribution in [0.3, 0.4) is 0 Å². The van der Waals surface area contributed by atoms with Gasteiger partial charge in [0.15, 0.2) is 12.6 Å². The van der Waals surface area contributed by atoms with E-state index in [1.807, 2.05) is 0 Å². The molecule has 0 unspecified atom stereocenters. The fraction of sp³-hybridized carbons (Fsp3) is 0.625. The summed E-state index contributed by atoms with van der Waals surface area (Å²) >= 11 is 0. The van der Waals surface area contributed by atoms with Crippen LogP contribution in [0.2, 0.25) is 0 Å². The first kappa shape index (κ1) is 21.8. The molecule has 0 aromatic carbocycles. The summed E-state index contributed by atoms with van der Waals surface area (Å²) in [4.78, 5) is 10.4. The molecule has 1 fully saturated rings. The molecule has 0 amide bonds. The second-order valence-corrected chi connectivity index (χ2v) is 6.65. The van der Waals surface area contributed by atoms with Gasteiger partial charge < -0.3 is 15.0 Å². The molecule has 0 spiro atoms. The topological polar surface area (TPSA) is 49.8 Å². The number of hydrogen-bond acceptors (Lipinski definition) is 3. The summed E-state index contributed by atoms with van der Waals surface area (Å²) in [6.45, 7) is 5.50. The van der Waals surface area contributed by atoms with Crippen molar-refractivity contribution in [2.24, 2.45) is 10.4 Å². The normalized spacial score (nSPS) is 17.2. The molecule has 1 aromatic heterocycles. The largest absolute Gasteiger partial charge is 0.468 e. The molecule has 25 heavy (non-hydrogen) atoms. The number of alkyl halides is 3. The van der Waals surface area contributed by atoms with Crippen molar-refractivity contribution in [3.05, 3.63) is 23.9 Å². The Bertz CT molecular complexity index is 576. The Morgan fingerprint density at radius 2 is 2.12 bits per heavy atom. The number of rotatable bonds is 4. The lowest BCUT2D eigenvalue weighted by molar-refractivity contribution is -0.154. The first-order valence-corrected chi connectivity index (χ1v) is 7.79. The summed E-state index contributed by atoms with van der Waals surface area (Å²) in [5.41, 5.74) is 1.12. The van der Waals surface area contributed by atoms with Crippen molar-refractivity contribution >= 4 is 29.9 Å². The van der Waals surface area contributed by atoms with Crippen LogP contribution in [0.15, 0.2) is 23.3 Å². The standard InChI is InChI=1S/C16H23F3N4O.HI/c1-15(2)6-7-23(10-15)14(20-3)22-9-12-4-5-13(21-8-12)24-11-16(17,18)19;/h4-5,8H,6-7,9-11H2,1-3H3,(H,20,22);1H. The Morgan fingerprint density at radius 3 is 2.60 bits per heavy atom. The van der Waals surface area contributed by atoms with Gasteiger partial charge >= 0.3 is 6.18 Å². The molecule has 9 heteroatoms. The van der Waals surface area contributed by atoms with Gasteiger partial charge in [-0.2, -0.15) is 13.2 Å². The molecule has 0 atom stereocenters. The Labute approximate surface area is 163 Å². The molecular weight excluding hydrogens is 448 g/mol. The van der Waals surface area contributed by atoms with Gasteiger partial charge in [0, 0.05) is 38.9 Å². The minimum Gasteiger partial charge on any atom is -0.468 e. The molecular formula is C16H24F3IN4O. The number of aromatic nitrogens is 1. The average molecular weight is 472 g/mol. The minimum absolute atomic E-state index is 0. The second-order valence-electron chi connectivity index (χ2n) is 6.65. The number of likely N-dealkylation sites (tertiary alicyclic amines) is 1. The van der Waals surface area contributed by atoms with Crippen LogP contribution < -0.4 is 10.1 Å². The minimum atomic E-state index is -4.36. The maximum Gasteiger partial charge on any atom is 0.422 e. The molecule has 5 nitrogen and oxygen atoms in total. The first-order chi connectivity index (χ1) is 11.2. The number of guanidine groups is 1. The maximum absolute atomic E-state index is 12.1. The van der Waals surface area contributed by atoms with Crippen LogP contribution in [0.25, 0.3) is 0 Å². The van der Waals surface area contributed by atoms with Crippen LogP contribution in [0.4, 0.5) is 13.2 Å². The van der Waals surface area contributed by atoms with Crippen LogP contribution in [0, 0.1) is 5.41 Å². The van der Waals surface area contributed by atoms with Gasteiger partial charge in [0.2, 0.25) is 5.88 Å². The van der Waals surface area contributed by atoms with E-state index in [1.165, 1.54) is 12.3 Å². The Balaban J connectivity index is 0.00000312. The third-order valence-electron chi connectivity index (χ3n) is 3.82. The summed E-state index contributed by atoms with van der Waals surface area (Å²) in [6.07, 6.45) is -1.75. The molecule has 1 aliphatic heterocycles. The van der Waals surface area contributed by atoms with Crippen LogP contribution in [-0.2, 0) is 6.54 Å². The van der Waals surface area contributed by atoms with Crippen molar-refractivity contribution in [2.45, 2.75) is 33.0 Å². The monoisotopic (exact) mass is 472 g/mol. The zero-order chi connectivity index (χ0) is 17.8. The molecule has 1 aromatic rings. The number of hydrogen-bond donors (Lipinski definition) is 1. The van der Waals surface area contributed by atoms with Gasteiger partial charge in [-0.15, -0.1) is 24.0 Å². The summed E-state index contributed by atoms with van der Waals surface area (Å²) in [6, 6.07) is 3.12. The predicted octanol–water partition coefficient (Wildman–Crippen LogP) is 3.45. The molecule has 0 bridgehead atoms. The van der Waals surface area contributed by atoms with Crippen molar-refractivity contribution < 1.29 is 17.9 Å². The summed E-state index contributed by atoms with van der Waals surface area (Å²) in [5, 5.41) is 3.26. The maximum atomic E-state index is 12.1. The van der Waals surface area contributed by atoms with E-state index in [9.17, 15) is 13.2 Å². The van der Waals surface area contributed by atoms with Crippen molar-refractivity contribution in [1.29, 1.82) is 0 Å². The average Bonchev–Trinajstić information content (AvgIpc) is 2.86. The van der Waals surface area contributed by atoms with Gasteiger partial charge in [-0.25, -0.2) is 4.98 Å². The molecule has 1 saturated heterocycles. The van der Waals surface area contributed by atoms with E-state index >= 15 is 0 Å². The van der Waals surface area contributed by atoms with E-state index in [1.54, 1.807) is 13.1 Å². The smallest absolute Gasteiger partial charge is 0.422 e. The summed E-state index contributed by atoms with van der Waals surface area (Å²) in [7, 11) is 1.74. The molecule has 0 saturated carbocycles. The van der Waals surface area contributed by atoms with E-state index in [0.29, 0.717) is 6.54 Å². The SMILES string of the molecule is CN=C(NCc1ccc(OCC(F)(F)F)nc1)N1CCC(C)(C)C1.I. The third kappa shape index (κ3) is 7.25. The summed E-state index contributed by atoms with van der Waals surface area (Å²) in [5.74, 6) is 0.778. The second kappa shape index (κ2) is 8.91. The lowest BCUT2D eigenvalue weighted by atomic mass is 9.93. The molecule has 0 radical (unpaired) electrons. The highest BCUT2D eigenvalue weighted by Crippen LogP contribution is 2.28. The fourth-order valence-electron chi connectivity index (χ4n) is 2.56. The molecule has 0 aliphatic carbocycles. The van der Waals surface area contributed by atoms with Gasteiger partial charge in [0.25, 0.3) is 0 Å². The lowest BCUT2D eigenvalue weighted by Gasteiger charge is -2.23. The number of halogens is 4. The van der Waals surface area contributed by atoms with Gasteiger partial charge in [-0.05, 0) is 17.4 Å². The number of nitrogens with zero attached hydrogens (tertiary/aromatic N) is 3. The van der Waals surface area contributed by atoms with Gasteiger partial charge in [0.1, 0.15) is 0 Å². The van der Waals surface area contributed by atoms with Gasteiger partial charge in [0.05, 0.1) is 0 Å². The van der Waals surface area contributed by atoms with Gasteiger partial charge in [-0.1, -0.05) is 19.9 Å². The zero-order valence-corrected chi connectivity index (χ0v) is 16.9. The van der Waals surface area contributed by atoms with E-state index in [4.69, 9.17) is 0 Å². The molecule has 1 N–H and O–H groups in total. The lowest BCUT2D eigenvalue weighted by Crippen LogP contribution is -2.40. The van der Waals surface area contributed by atoms with E-state index in [0.717, 1.165) is 31.0 Å². The van der Waals surface area contributed by atoms with Crippen molar-refractivity contribution in [2.75, 3.05) is 26.7 Å². The number of ether oxygens (including phenoxy) is 1. The number of aliphatic imine (C=N–C) groups is 1. The van der Waals surface area contributed by atoms with Crippen molar-refractivity contribution in [3.8, 4) is 5.88 Å². The highest BCUT2D eigenvalue weighted by Gasteiger charge is 2.31.